The molecule has 0 aliphatic rings. The van der Waals surface area contributed by atoms with Crippen LogP contribution in [0.15, 0.2) is 42.5 Å². The normalized spacial score (nSPS) is 11.1. The second-order valence-electron chi connectivity index (χ2n) is 5.10. The van der Waals surface area contributed by atoms with Crippen LogP contribution < -0.4 is 4.90 Å². The Morgan fingerprint density at radius 3 is 2.47 bits per heavy atom. The molecule has 1 amide bonds. The number of nitriles is 1. The van der Waals surface area contributed by atoms with Gasteiger partial charge in [-0.25, -0.2) is 0 Å². The van der Waals surface area contributed by atoms with E-state index in [1.165, 1.54) is 0 Å². The van der Waals surface area contributed by atoms with Crippen LogP contribution in [0.1, 0.15) is 13.8 Å². The molecule has 0 fully saturated rings. The highest BCUT2D eigenvalue weighted by Crippen LogP contribution is 2.28. The molecule has 0 atom stereocenters. The number of nitrogens with zero attached hydrogens (tertiary/aromatic N) is 2. The van der Waals surface area contributed by atoms with Crippen molar-refractivity contribution in [2.75, 3.05) is 11.9 Å². The number of hydrogen-bond donors (Lipinski definition) is 0. The smallest absolute Gasteiger partial charge is 0.246 e. The molecule has 0 spiro atoms. The molecule has 2 aromatic rings. The summed E-state index contributed by atoms with van der Waals surface area (Å²) in [6.07, 6.45) is 0. The van der Waals surface area contributed by atoms with Gasteiger partial charge in [-0.2, -0.15) is 5.26 Å². The maximum atomic E-state index is 12.3. The third kappa shape index (κ3) is 2.30. The third-order valence-corrected chi connectivity index (χ3v) is 3.25. The van der Waals surface area contributed by atoms with Gasteiger partial charge >= 0.3 is 0 Å². The number of fused-ring (bicyclic) bond motifs is 1. The van der Waals surface area contributed by atoms with E-state index in [-0.39, 0.29) is 5.91 Å². The summed E-state index contributed by atoms with van der Waals surface area (Å²) < 4.78 is 0. The quantitative estimate of drug-likeness (QED) is 0.822. The average molecular weight is 252 g/mol. The van der Waals surface area contributed by atoms with Gasteiger partial charge in [-0.15, -0.1) is 0 Å². The topological polar surface area (TPSA) is 44.1 Å². The van der Waals surface area contributed by atoms with Gasteiger partial charge in [0.1, 0.15) is 5.41 Å². The number of rotatable bonds is 2. The minimum Gasteiger partial charge on any atom is -0.314 e. The zero-order chi connectivity index (χ0) is 14.0. The maximum Gasteiger partial charge on any atom is 0.246 e. The lowest BCUT2D eigenvalue weighted by atomic mass is 9.93. The number of anilines is 1. The molecule has 2 rings (SSSR count). The molecule has 0 aliphatic carbocycles. The molecule has 3 heteroatoms. The van der Waals surface area contributed by atoms with Crippen LogP contribution in [0.3, 0.4) is 0 Å². The van der Waals surface area contributed by atoms with Gasteiger partial charge in [0.2, 0.25) is 5.91 Å². The zero-order valence-corrected chi connectivity index (χ0v) is 11.3. The Labute approximate surface area is 113 Å². The molecule has 0 aromatic heterocycles. The van der Waals surface area contributed by atoms with Crippen molar-refractivity contribution < 1.29 is 4.79 Å². The summed E-state index contributed by atoms with van der Waals surface area (Å²) in [5, 5.41) is 11.2. The van der Waals surface area contributed by atoms with Gasteiger partial charge in [0.25, 0.3) is 0 Å². The summed E-state index contributed by atoms with van der Waals surface area (Å²) in [4.78, 5) is 13.9. The highest BCUT2D eigenvalue weighted by molar-refractivity contribution is 6.05. The Hall–Kier alpha value is -2.34. The third-order valence-electron chi connectivity index (χ3n) is 3.25. The Kier molecular flexibility index (Phi) is 3.26. The van der Waals surface area contributed by atoms with Crippen molar-refractivity contribution in [1.82, 2.24) is 0 Å². The van der Waals surface area contributed by atoms with Gasteiger partial charge in [-0.1, -0.05) is 36.4 Å². The highest BCUT2D eigenvalue weighted by atomic mass is 16.2. The summed E-state index contributed by atoms with van der Waals surface area (Å²) >= 11 is 0. The Balaban J connectivity index is 2.51. The second kappa shape index (κ2) is 4.74. The van der Waals surface area contributed by atoms with Crippen LogP contribution in [0.2, 0.25) is 0 Å². The summed E-state index contributed by atoms with van der Waals surface area (Å²) in [6, 6.07) is 15.8. The summed E-state index contributed by atoms with van der Waals surface area (Å²) in [7, 11) is 1.71. The molecule has 2 aromatic carbocycles. The van der Waals surface area contributed by atoms with Crippen molar-refractivity contribution in [1.29, 1.82) is 5.26 Å². The van der Waals surface area contributed by atoms with Crippen LogP contribution in [-0.4, -0.2) is 13.0 Å². The van der Waals surface area contributed by atoms with E-state index < -0.39 is 5.41 Å². The maximum absolute atomic E-state index is 12.3. The first-order chi connectivity index (χ1) is 8.97. The molecular formula is C16H16N2O. The minimum atomic E-state index is -1.02. The van der Waals surface area contributed by atoms with Crippen LogP contribution in [0.4, 0.5) is 5.69 Å². The first kappa shape index (κ1) is 13.1. The van der Waals surface area contributed by atoms with Gasteiger partial charge in [0, 0.05) is 12.4 Å². The van der Waals surface area contributed by atoms with Crippen LogP contribution in [0.5, 0.6) is 0 Å². The summed E-state index contributed by atoms with van der Waals surface area (Å²) in [6.45, 7) is 3.27. The second-order valence-corrected chi connectivity index (χ2v) is 5.10. The zero-order valence-electron chi connectivity index (χ0n) is 11.3. The van der Waals surface area contributed by atoms with Gasteiger partial charge in [0.05, 0.1) is 11.8 Å². The van der Waals surface area contributed by atoms with Crippen molar-refractivity contribution in [3.05, 3.63) is 42.5 Å². The van der Waals surface area contributed by atoms with E-state index in [2.05, 4.69) is 0 Å². The molecule has 0 heterocycles. The van der Waals surface area contributed by atoms with E-state index in [0.717, 1.165) is 16.5 Å². The Morgan fingerprint density at radius 2 is 1.79 bits per heavy atom. The number of hydrogen-bond acceptors (Lipinski definition) is 2. The van der Waals surface area contributed by atoms with E-state index in [1.54, 1.807) is 25.8 Å². The van der Waals surface area contributed by atoms with Crippen LogP contribution in [0, 0.1) is 16.7 Å². The molecule has 0 radical (unpaired) electrons. The fourth-order valence-electron chi connectivity index (χ4n) is 2.08. The molecule has 0 bridgehead atoms. The largest absolute Gasteiger partial charge is 0.314 e. The molecule has 19 heavy (non-hydrogen) atoms. The molecule has 0 saturated heterocycles. The van der Waals surface area contributed by atoms with Crippen molar-refractivity contribution in [3.63, 3.8) is 0 Å². The van der Waals surface area contributed by atoms with Gasteiger partial charge in [-0.3, -0.25) is 4.79 Å². The molecule has 0 unspecified atom stereocenters. The molecule has 0 N–H and O–H groups in total. The van der Waals surface area contributed by atoms with Crippen molar-refractivity contribution in [2.45, 2.75) is 13.8 Å². The van der Waals surface area contributed by atoms with Crippen LogP contribution in [0.25, 0.3) is 10.8 Å². The first-order valence-electron chi connectivity index (χ1n) is 6.14. The summed E-state index contributed by atoms with van der Waals surface area (Å²) in [5.41, 5.74) is -0.197. The molecule has 0 aliphatic heterocycles. The summed E-state index contributed by atoms with van der Waals surface area (Å²) in [5.74, 6) is -0.202. The standard InChI is InChI=1S/C16H16N2O/c1-16(2,11-17)15(19)18(3)14-10-6-8-12-7-4-5-9-13(12)14/h4-10H,1-3H3. The molecule has 3 nitrogen and oxygen atoms in total. The van der Waals surface area contributed by atoms with E-state index in [9.17, 15) is 4.79 Å². The fraction of sp³-hybridized carbons (Fsp3) is 0.250. The van der Waals surface area contributed by atoms with Crippen LogP contribution >= 0.6 is 0 Å². The van der Waals surface area contributed by atoms with E-state index in [1.807, 2.05) is 48.5 Å². The Morgan fingerprint density at radius 1 is 1.16 bits per heavy atom. The fourth-order valence-corrected chi connectivity index (χ4v) is 2.08. The number of carbonyl (C=O) groups excluding carboxylic acids is 1. The number of amides is 1. The lowest BCUT2D eigenvalue weighted by Gasteiger charge is -2.25. The van der Waals surface area contributed by atoms with Crippen molar-refractivity contribution in [3.8, 4) is 6.07 Å². The highest BCUT2D eigenvalue weighted by Gasteiger charge is 2.31. The van der Waals surface area contributed by atoms with E-state index in [0.29, 0.717) is 0 Å². The van der Waals surface area contributed by atoms with E-state index in [4.69, 9.17) is 5.26 Å². The monoisotopic (exact) mass is 252 g/mol. The predicted molar refractivity (Wildman–Crippen MR) is 76.8 cm³/mol. The SMILES string of the molecule is CN(C(=O)C(C)(C)C#N)c1cccc2ccccc12. The Bertz CT molecular complexity index is 662. The molecular weight excluding hydrogens is 236 g/mol. The van der Waals surface area contributed by atoms with Crippen molar-refractivity contribution >= 4 is 22.4 Å². The number of carbonyl (C=O) groups is 1. The molecule has 96 valence electrons. The first-order valence-corrected chi connectivity index (χ1v) is 6.14. The van der Waals surface area contributed by atoms with Gasteiger partial charge in [-0.05, 0) is 25.3 Å². The predicted octanol–water partition coefficient (Wildman–Crippen LogP) is 3.35. The number of benzene rings is 2. The molecule has 0 saturated carbocycles. The van der Waals surface area contributed by atoms with Gasteiger partial charge < -0.3 is 4.90 Å². The van der Waals surface area contributed by atoms with E-state index >= 15 is 0 Å². The van der Waals surface area contributed by atoms with Crippen LogP contribution in [-0.2, 0) is 4.79 Å². The lowest BCUT2D eigenvalue weighted by Crippen LogP contribution is -2.37. The van der Waals surface area contributed by atoms with Gasteiger partial charge in [0.15, 0.2) is 0 Å². The average Bonchev–Trinajstić information content (AvgIpc) is 2.45. The minimum absolute atomic E-state index is 0.202. The lowest BCUT2D eigenvalue weighted by molar-refractivity contribution is -0.123. The van der Waals surface area contributed by atoms with Crippen molar-refractivity contribution in [2.24, 2.45) is 5.41 Å².